The van der Waals surface area contributed by atoms with Crippen molar-refractivity contribution < 1.29 is 13.2 Å². The SMILES string of the molecule is Cc1ccc(C2=NC3(CCN(S(=O)(=O)c4ccc(Cl)cc4)CC3)NC2=O)cc1. The van der Waals surface area contributed by atoms with Crippen LogP contribution in [0.2, 0.25) is 5.02 Å². The van der Waals surface area contributed by atoms with Crippen LogP contribution in [0.15, 0.2) is 58.4 Å². The van der Waals surface area contributed by atoms with Crippen molar-refractivity contribution >= 4 is 33.2 Å². The van der Waals surface area contributed by atoms with Crippen molar-refractivity contribution in [2.75, 3.05) is 13.1 Å². The molecular weight excluding hydrogens is 398 g/mol. The molecule has 0 atom stereocenters. The van der Waals surface area contributed by atoms with Gasteiger partial charge in [-0.15, -0.1) is 0 Å². The average Bonchev–Trinajstić information content (AvgIpc) is 2.99. The summed E-state index contributed by atoms with van der Waals surface area (Å²) < 4.78 is 27.1. The van der Waals surface area contributed by atoms with E-state index in [1.807, 2.05) is 31.2 Å². The molecule has 6 nitrogen and oxygen atoms in total. The van der Waals surface area contributed by atoms with E-state index in [4.69, 9.17) is 11.6 Å². The molecule has 146 valence electrons. The number of piperidine rings is 1. The zero-order valence-electron chi connectivity index (χ0n) is 15.4. The highest BCUT2D eigenvalue weighted by Gasteiger charge is 2.44. The molecule has 1 spiro atoms. The van der Waals surface area contributed by atoms with Gasteiger partial charge in [0.2, 0.25) is 10.0 Å². The van der Waals surface area contributed by atoms with Gasteiger partial charge in [0.15, 0.2) is 0 Å². The van der Waals surface area contributed by atoms with Gasteiger partial charge in [0.1, 0.15) is 11.4 Å². The largest absolute Gasteiger partial charge is 0.326 e. The van der Waals surface area contributed by atoms with Crippen LogP contribution in [0.3, 0.4) is 0 Å². The number of amides is 1. The molecule has 1 fully saturated rings. The molecule has 0 unspecified atom stereocenters. The maximum Gasteiger partial charge on any atom is 0.272 e. The number of carbonyl (C=O) groups excluding carboxylic acids is 1. The summed E-state index contributed by atoms with van der Waals surface area (Å²) in [6.07, 6.45) is 0.863. The van der Waals surface area contributed by atoms with Crippen molar-refractivity contribution in [3.63, 3.8) is 0 Å². The van der Waals surface area contributed by atoms with Crippen molar-refractivity contribution in [3.05, 3.63) is 64.7 Å². The van der Waals surface area contributed by atoms with E-state index in [2.05, 4.69) is 10.3 Å². The molecule has 0 aliphatic carbocycles. The van der Waals surface area contributed by atoms with Gasteiger partial charge in [-0.25, -0.2) is 8.42 Å². The van der Waals surface area contributed by atoms with Gasteiger partial charge in [0.25, 0.3) is 5.91 Å². The molecule has 1 N–H and O–H groups in total. The number of carbonyl (C=O) groups is 1. The van der Waals surface area contributed by atoms with Crippen LogP contribution in [-0.4, -0.2) is 43.1 Å². The number of nitrogens with one attached hydrogen (secondary N) is 1. The summed E-state index contributed by atoms with van der Waals surface area (Å²) in [5.41, 5.74) is 1.56. The van der Waals surface area contributed by atoms with E-state index < -0.39 is 15.7 Å². The summed E-state index contributed by atoms with van der Waals surface area (Å²) in [5, 5.41) is 3.46. The monoisotopic (exact) mass is 417 g/mol. The number of hydrogen-bond donors (Lipinski definition) is 1. The molecule has 4 rings (SSSR count). The molecular formula is C20H20ClN3O3S. The predicted octanol–water partition coefficient (Wildman–Crippen LogP) is 2.75. The number of halogens is 1. The lowest BCUT2D eigenvalue weighted by Gasteiger charge is -2.36. The second-order valence-electron chi connectivity index (χ2n) is 7.17. The van der Waals surface area contributed by atoms with Gasteiger partial charge in [-0.05, 0) is 31.2 Å². The van der Waals surface area contributed by atoms with Crippen LogP contribution in [0.25, 0.3) is 0 Å². The number of nitrogens with zero attached hydrogens (tertiary/aromatic N) is 2. The van der Waals surface area contributed by atoms with Gasteiger partial charge in [0, 0.05) is 36.5 Å². The van der Waals surface area contributed by atoms with Crippen molar-refractivity contribution in [3.8, 4) is 0 Å². The fourth-order valence-electron chi connectivity index (χ4n) is 3.56. The van der Waals surface area contributed by atoms with Crippen LogP contribution >= 0.6 is 11.6 Å². The van der Waals surface area contributed by atoms with Gasteiger partial charge >= 0.3 is 0 Å². The summed E-state index contributed by atoms with van der Waals surface area (Å²) in [4.78, 5) is 17.4. The molecule has 8 heteroatoms. The first-order valence-corrected chi connectivity index (χ1v) is 10.9. The summed E-state index contributed by atoms with van der Waals surface area (Å²) in [6.45, 7) is 2.56. The van der Waals surface area contributed by atoms with Crippen molar-refractivity contribution in [2.45, 2.75) is 30.3 Å². The van der Waals surface area contributed by atoms with E-state index in [-0.39, 0.29) is 23.9 Å². The van der Waals surface area contributed by atoms with Crippen LogP contribution in [0.1, 0.15) is 24.0 Å². The number of benzene rings is 2. The highest BCUT2D eigenvalue weighted by Crippen LogP contribution is 2.31. The fourth-order valence-corrected chi connectivity index (χ4v) is 5.13. The lowest BCUT2D eigenvalue weighted by molar-refractivity contribution is -0.115. The highest BCUT2D eigenvalue weighted by atomic mass is 35.5. The van der Waals surface area contributed by atoms with E-state index in [1.54, 1.807) is 12.1 Å². The first kappa shape index (κ1) is 19.1. The Morgan fingerprint density at radius 3 is 2.25 bits per heavy atom. The topological polar surface area (TPSA) is 78.8 Å². The van der Waals surface area contributed by atoms with E-state index >= 15 is 0 Å². The lowest BCUT2D eigenvalue weighted by Crippen LogP contribution is -2.52. The van der Waals surface area contributed by atoms with Crippen molar-refractivity contribution in [1.82, 2.24) is 9.62 Å². The number of hydrogen-bond acceptors (Lipinski definition) is 4. The maximum absolute atomic E-state index is 12.8. The second kappa shape index (κ2) is 6.99. The third kappa shape index (κ3) is 3.45. The first-order valence-electron chi connectivity index (χ1n) is 9.04. The molecule has 0 radical (unpaired) electrons. The van der Waals surface area contributed by atoms with Gasteiger partial charge in [-0.1, -0.05) is 41.4 Å². The van der Waals surface area contributed by atoms with E-state index in [0.717, 1.165) is 11.1 Å². The molecule has 2 aliphatic heterocycles. The maximum atomic E-state index is 12.8. The molecule has 0 bridgehead atoms. The van der Waals surface area contributed by atoms with Gasteiger partial charge in [0.05, 0.1) is 4.90 Å². The smallest absolute Gasteiger partial charge is 0.272 e. The van der Waals surface area contributed by atoms with Crippen molar-refractivity contribution in [1.29, 1.82) is 0 Å². The van der Waals surface area contributed by atoms with Crippen LogP contribution in [0, 0.1) is 6.92 Å². The third-order valence-electron chi connectivity index (χ3n) is 5.21. The Hall–Kier alpha value is -2.22. The number of sulfonamides is 1. The molecule has 2 aromatic rings. The van der Waals surface area contributed by atoms with Crippen molar-refractivity contribution in [2.24, 2.45) is 4.99 Å². The average molecular weight is 418 g/mol. The van der Waals surface area contributed by atoms with E-state index in [1.165, 1.54) is 16.4 Å². The van der Waals surface area contributed by atoms with Crippen LogP contribution < -0.4 is 5.32 Å². The fraction of sp³-hybridized carbons (Fsp3) is 0.300. The first-order chi connectivity index (χ1) is 13.3. The molecule has 2 heterocycles. The minimum atomic E-state index is -3.60. The molecule has 28 heavy (non-hydrogen) atoms. The Labute approximate surface area is 169 Å². The van der Waals surface area contributed by atoms with E-state index in [9.17, 15) is 13.2 Å². The number of rotatable bonds is 3. The lowest BCUT2D eigenvalue weighted by atomic mass is 10.00. The zero-order valence-corrected chi connectivity index (χ0v) is 16.9. The van der Waals surface area contributed by atoms with Crippen LogP contribution in [0.4, 0.5) is 0 Å². The standard InChI is InChI=1S/C20H20ClN3O3S/c1-14-2-4-15(5-3-14)18-19(25)23-20(22-18)10-12-24(13-11-20)28(26,27)17-8-6-16(21)7-9-17/h2-9H,10-13H2,1H3,(H,23,25). The quantitative estimate of drug-likeness (QED) is 0.833. The second-order valence-corrected chi connectivity index (χ2v) is 9.54. The molecule has 0 aromatic heterocycles. The zero-order chi connectivity index (χ0) is 19.9. The predicted molar refractivity (Wildman–Crippen MR) is 108 cm³/mol. The molecule has 1 saturated heterocycles. The Morgan fingerprint density at radius 1 is 1.04 bits per heavy atom. The highest BCUT2D eigenvalue weighted by molar-refractivity contribution is 7.89. The number of aryl methyl sites for hydroxylation is 1. The van der Waals surface area contributed by atoms with E-state index in [0.29, 0.717) is 23.6 Å². The Bertz CT molecular complexity index is 1040. The van der Waals surface area contributed by atoms with Crippen LogP contribution in [-0.2, 0) is 14.8 Å². The normalized spacial score (nSPS) is 19.5. The van der Waals surface area contributed by atoms with Gasteiger partial charge < -0.3 is 5.32 Å². The summed E-state index contributed by atoms with van der Waals surface area (Å²) >= 11 is 5.85. The number of aliphatic imine (C=N–C) groups is 1. The third-order valence-corrected chi connectivity index (χ3v) is 7.38. The molecule has 2 aromatic carbocycles. The Morgan fingerprint density at radius 2 is 1.64 bits per heavy atom. The molecule has 1 amide bonds. The Balaban J connectivity index is 1.53. The van der Waals surface area contributed by atoms with Gasteiger partial charge in [-0.2, -0.15) is 4.31 Å². The Kier molecular flexibility index (Phi) is 4.77. The van der Waals surface area contributed by atoms with Gasteiger partial charge in [-0.3, -0.25) is 9.79 Å². The molecule has 2 aliphatic rings. The summed E-state index contributed by atoms with van der Waals surface area (Å²) in [6, 6.07) is 13.8. The minimum absolute atomic E-state index is 0.210. The summed E-state index contributed by atoms with van der Waals surface area (Å²) in [5.74, 6) is -0.210. The molecule has 0 saturated carbocycles. The minimum Gasteiger partial charge on any atom is -0.326 e. The van der Waals surface area contributed by atoms with Crippen LogP contribution in [0.5, 0.6) is 0 Å². The summed E-state index contributed by atoms with van der Waals surface area (Å²) in [7, 11) is -3.60.